The van der Waals surface area contributed by atoms with Crippen LogP contribution < -0.4 is 5.73 Å². The van der Waals surface area contributed by atoms with Gasteiger partial charge in [0.1, 0.15) is 0 Å². The molecule has 0 amide bonds. The average Bonchev–Trinajstić information content (AvgIpc) is 2.20. The summed E-state index contributed by atoms with van der Waals surface area (Å²) in [7, 11) is 0. The van der Waals surface area contributed by atoms with Crippen LogP contribution >= 0.6 is 0 Å². The van der Waals surface area contributed by atoms with Gasteiger partial charge in [-0.05, 0) is 55.3 Å². The van der Waals surface area contributed by atoms with Gasteiger partial charge in [0.25, 0.3) is 0 Å². The Bertz CT molecular complexity index is 290. The summed E-state index contributed by atoms with van der Waals surface area (Å²) in [4.78, 5) is 0. The molecule has 0 bridgehead atoms. The molecule has 0 aromatic carbocycles. The van der Waals surface area contributed by atoms with E-state index in [1.807, 2.05) is 0 Å². The van der Waals surface area contributed by atoms with Crippen molar-refractivity contribution in [1.82, 2.24) is 0 Å². The fraction of sp³-hybridized carbons (Fsp3) is 1.00. The zero-order valence-electron chi connectivity index (χ0n) is 13.5. The summed E-state index contributed by atoms with van der Waals surface area (Å²) < 4.78 is 6.49. The van der Waals surface area contributed by atoms with E-state index in [1.54, 1.807) is 0 Å². The Morgan fingerprint density at radius 3 is 2.21 bits per heavy atom. The quantitative estimate of drug-likeness (QED) is 0.821. The predicted molar refractivity (Wildman–Crippen MR) is 81.0 cm³/mol. The third kappa shape index (κ3) is 3.95. The van der Waals surface area contributed by atoms with E-state index in [0.29, 0.717) is 17.4 Å². The molecule has 0 radical (unpaired) electrons. The van der Waals surface area contributed by atoms with Crippen molar-refractivity contribution in [3.8, 4) is 0 Å². The van der Waals surface area contributed by atoms with E-state index < -0.39 is 0 Å². The minimum Gasteiger partial charge on any atom is -0.373 e. The maximum atomic E-state index is 6.49. The summed E-state index contributed by atoms with van der Waals surface area (Å²) in [6.45, 7) is 11.8. The lowest BCUT2D eigenvalue weighted by atomic mass is 9.71. The molecule has 6 atom stereocenters. The highest BCUT2D eigenvalue weighted by atomic mass is 16.5. The second-order valence-corrected chi connectivity index (χ2v) is 8.35. The molecule has 6 unspecified atom stereocenters. The van der Waals surface area contributed by atoms with Gasteiger partial charge >= 0.3 is 0 Å². The van der Waals surface area contributed by atoms with Crippen LogP contribution in [0.1, 0.15) is 66.7 Å². The molecule has 2 aliphatic carbocycles. The molecule has 2 heteroatoms. The summed E-state index contributed by atoms with van der Waals surface area (Å²) >= 11 is 0. The van der Waals surface area contributed by atoms with Crippen LogP contribution in [-0.4, -0.2) is 18.2 Å². The Kier molecular flexibility index (Phi) is 4.62. The second kappa shape index (κ2) is 5.73. The minimum absolute atomic E-state index is 0.235. The lowest BCUT2D eigenvalue weighted by Gasteiger charge is -2.44. The van der Waals surface area contributed by atoms with Crippen LogP contribution in [0.3, 0.4) is 0 Å². The van der Waals surface area contributed by atoms with Gasteiger partial charge in [-0.1, -0.05) is 34.6 Å². The van der Waals surface area contributed by atoms with E-state index in [0.717, 1.165) is 18.3 Å². The van der Waals surface area contributed by atoms with Crippen LogP contribution in [0.4, 0.5) is 0 Å². The maximum Gasteiger partial charge on any atom is 0.0755 e. The number of rotatable bonds is 2. The van der Waals surface area contributed by atoms with Crippen molar-refractivity contribution in [3.63, 3.8) is 0 Å². The molecule has 19 heavy (non-hydrogen) atoms. The molecule has 0 aliphatic heterocycles. The minimum atomic E-state index is 0.235. The van der Waals surface area contributed by atoms with Crippen LogP contribution in [-0.2, 0) is 4.74 Å². The topological polar surface area (TPSA) is 35.2 Å². The van der Waals surface area contributed by atoms with Crippen LogP contribution in [0.2, 0.25) is 0 Å². The zero-order chi connectivity index (χ0) is 14.2. The van der Waals surface area contributed by atoms with E-state index >= 15 is 0 Å². The first-order chi connectivity index (χ1) is 8.77. The third-order valence-corrected chi connectivity index (χ3v) is 5.13. The molecule has 0 saturated heterocycles. The van der Waals surface area contributed by atoms with E-state index in [2.05, 4.69) is 34.6 Å². The SMILES string of the molecule is CC1CC(C)C(OC2CC(C)CC(C)(C)C2)C(N)C1. The van der Waals surface area contributed by atoms with Crippen molar-refractivity contribution in [2.75, 3.05) is 0 Å². The molecule has 2 N–H and O–H groups in total. The summed E-state index contributed by atoms with van der Waals surface area (Å²) in [5.74, 6) is 2.15. The van der Waals surface area contributed by atoms with Gasteiger partial charge in [-0.25, -0.2) is 0 Å². The lowest BCUT2D eigenvalue weighted by molar-refractivity contribution is -0.106. The fourth-order valence-electron chi connectivity index (χ4n) is 4.71. The van der Waals surface area contributed by atoms with Crippen LogP contribution in [0.25, 0.3) is 0 Å². The molecule has 2 fully saturated rings. The number of ether oxygens (including phenoxy) is 1. The number of hydrogen-bond donors (Lipinski definition) is 1. The summed E-state index contributed by atoms with van der Waals surface area (Å²) in [5.41, 5.74) is 6.78. The fourth-order valence-corrected chi connectivity index (χ4v) is 4.71. The van der Waals surface area contributed by atoms with Crippen molar-refractivity contribution >= 4 is 0 Å². The average molecular weight is 267 g/mol. The molecule has 0 aromatic rings. The van der Waals surface area contributed by atoms with Gasteiger partial charge in [0.2, 0.25) is 0 Å². The Morgan fingerprint density at radius 1 is 0.947 bits per heavy atom. The summed E-state index contributed by atoms with van der Waals surface area (Å²) in [6.07, 6.45) is 6.84. The first-order valence-electron chi connectivity index (χ1n) is 8.18. The molecule has 2 aliphatic rings. The molecular weight excluding hydrogens is 234 g/mol. The molecule has 2 saturated carbocycles. The summed E-state index contributed by atoms with van der Waals surface area (Å²) in [6, 6.07) is 0.235. The lowest BCUT2D eigenvalue weighted by Crippen LogP contribution is -2.49. The molecule has 0 heterocycles. The van der Waals surface area contributed by atoms with Crippen molar-refractivity contribution in [1.29, 1.82) is 0 Å². The Balaban J connectivity index is 1.96. The molecular formula is C17H33NO. The number of nitrogens with two attached hydrogens (primary N) is 1. The Labute approximate surface area is 119 Å². The number of hydrogen-bond acceptors (Lipinski definition) is 2. The molecule has 112 valence electrons. The third-order valence-electron chi connectivity index (χ3n) is 5.13. The first-order valence-corrected chi connectivity index (χ1v) is 8.18. The first kappa shape index (κ1) is 15.3. The van der Waals surface area contributed by atoms with E-state index in [4.69, 9.17) is 10.5 Å². The molecule has 2 rings (SSSR count). The molecule has 0 aromatic heterocycles. The van der Waals surface area contributed by atoms with Gasteiger partial charge < -0.3 is 10.5 Å². The van der Waals surface area contributed by atoms with Crippen molar-refractivity contribution < 1.29 is 4.74 Å². The van der Waals surface area contributed by atoms with Crippen molar-refractivity contribution in [2.24, 2.45) is 28.9 Å². The highest BCUT2D eigenvalue weighted by Crippen LogP contribution is 2.41. The van der Waals surface area contributed by atoms with Gasteiger partial charge in [-0.15, -0.1) is 0 Å². The Hall–Kier alpha value is -0.0800. The van der Waals surface area contributed by atoms with Gasteiger partial charge in [-0.3, -0.25) is 0 Å². The van der Waals surface area contributed by atoms with Gasteiger partial charge in [0.05, 0.1) is 12.2 Å². The normalized spacial score (nSPS) is 47.1. The summed E-state index contributed by atoms with van der Waals surface area (Å²) in [5, 5.41) is 0. The molecule has 2 nitrogen and oxygen atoms in total. The van der Waals surface area contributed by atoms with Gasteiger partial charge in [-0.2, -0.15) is 0 Å². The van der Waals surface area contributed by atoms with E-state index in [-0.39, 0.29) is 12.1 Å². The Morgan fingerprint density at radius 2 is 1.63 bits per heavy atom. The van der Waals surface area contributed by atoms with Gasteiger partial charge in [0, 0.05) is 6.04 Å². The maximum absolute atomic E-state index is 6.49. The van der Waals surface area contributed by atoms with E-state index in [9.17, 15) is 0 Å². The smallest absolute Gasteiger partial charge is 0.0755 e. The standard InChI is InChI=1S/C17H33NO/c1-11-6-13(3)16(15(18)8-11)19-14-7-12(2)9-17(4,5)10-14/h11-16H,6-10,18H2,1-5H3. The van der Waals surface area contributed by atoms with Gasteiger partial charge in [0.15, 0.2) is 0 Å². The highest BCUT2D eigenvalue weighted by molar-refractivity contribution is 4.90. The van der Waals surface area contributed by atoms with Crippen molar-refractivity contribution in [3.05, 3.63) is 0 Å². The zero-order valence-corrected chi connectivity index (χ0v) is 13.5. The van der Waals surface area contributed by atoms with Crippen LogP contribution in [0.5, 0.6) is 0 Å². The highest BCUT2D eigenvalue weighted by Gasteiger charge is 2.38. The van der Waals surface area contributed by atoms with Crippen molar-refractivity contribution in [2.45, 2.75) is 85.0 Å². The van der Waals surface area contributed by atoms with E-state index in [1.165, 1.54) is 25.7 Å². The largest absolute Gasteiger partial charge is 0.373 e. The monoisotopic (exact) mass is 267 g/mol. The van der Waals surface area contributed by atoms with Crippen LogP contribution in [0, 0.1) is 23.2 Å². The molecule has 0 spiro atoms. The second-order valence-electron chi connectivity index (χ2n) is 8.35. The predicted octanol–water partition coefficient (Wildman–Crippen LogP) is 3.98. The van der Waals surface area contributed by atoms with Crippen LogP contribution in [0.15, 0.2) is 0 Å².